The summed E-state index contributed by atoms with van der Waals surface area (Å²) in [4.78, 5) is 17.9. The number of thiazole rings is 1. The molecule has 1 heterocycles. The highest BCUT2D eigenvalue weighted by Gasteiger charge is 2.13. The van der Waals surface area contributed by atoms with Gasteiger partial charge in [0.1, 0.15) is 5.75 Å². The van der Waals surface area contributed by atoms with Gasteiger partial charge in [0.05, 0.1) is 29.0 Å². The molecule has 0 saturated heterocycles. The van der Waals surface area contributed by atoms with Gasteiger partial charge in [-0.15, -0.1) is 0 Å². The molecule has 0 N–H and O–H groups in total. The molecular weight excluding hydrogens is 348 g/mol. The first kappa shape index (κ1) is 18.4. The van der Waals surface area contributed by atoms with Crippen LogP contribution in [0.2, 0.25) is 0 Å². The lowest BCUT2D eigenvalue weighted by molar-refractivity contribution is 0.0993. The second-order valence-corrected chi connectivity index (χ2v) is 6.86. The summed E-state index contributed by atoms with van der Waals surface area (Å²) in [6.07, 6.45) is 0. The van der Waals surface area contributed by atoms with Crippen molar-refractivity contribution in [3.63, 3.8) is 0 Å². The number of rotatable bonds is 6. The first-order valence-electron chi connectivity index (χ1n) is 8.54. The molecule has 136 valence electrons. The number of nitrogens with zero attached hydrogens (tertiary/aromatic N) is 2. The van der Waals surface area contributed by atoms with Gasteiger partial charge in [0.15, 0.2) is 4.80 Å². The van der Waals surface area contributed by atoms with Crippen molar-refractivity contribution in [3.8, 4) is 5.75 Å². The van der Waals surface area contributed by atoms with Gasteiger partial charge in [-0.1, -0.05) is 29.5 Å². The Morgan fingerprint density at radius 1 is 1.23 bits per heavy atom. The highest BCUT2D eigenvalue weighted by atomic mass is 32.1. The number of methoxy groups -OCH3 is 1. The Balaban J connectivity index is 2.10. The van der Waals surface area contributed by atoms with E-state index in [0.29, 0.717) is 35.9 Å². The number of benzene rings is 2. The van der Waals surface area contributed by atoms with Gasteiger partial charge in [0.2, 0.25) is 0 Å². The monoisotopic (exact) mass is 370 g/mol. The van der Waals surface area contributed by atoms with Crippen molar-refractivity contribution in [1.82, 2.24) is 4.57 Å². The molecule has 0 aliphatic carbocycles. The van der Waals surface area contributed by atoms with Gasteiger partial charge in [-0.2, -0.15) is 4.99 Å². The Hall–Kier alpha value is -2.44. The number of ether oxygens (including phenoxy) is 2. The van der Waals surface area contributed by atoms with Crippen molar-refractivity contribution in [1.29, 1.82) is 0 Å². The molecule has 0 atom stereocenters. The quantitative estimate of drug-likeness (QED) is 0.663. The number of fused-ring (bicyclic) bond motifs is 1. The lowest BCUT2D eigenvalue weighted by Gasteiger charge is -2.07. The van der Waals surface area contributed by atoms with Crippen LogP contribution in [-0.2, 0) is 11.3 Å². The summed E-state index contributed by atoms with van der Waals surface area (Å²) in [5, 5.41) is 0. The van der Waals surface area contributed by atoms with Gasteiger partial charge in [-0.3, -0.25) is 4.79 Å². The smallest absolute Gasteiger partial charge is 0.283 e. The number of carbonyl (C=O) groups is 1. The third-order valence-corrected chi connectivity index (χ3v) is 5.01. The normalized spacial score (nSPS) is 11.9. The van der Waals surface area contributed by atoms with Gasteiger partial charge in [-0.25, -0.2) is 0 Å². The predicted molar refractivity (Wildman–Crippen MR) is 104 cm³/mol. The largest absolute Gasteiger partial charge is 0.493 e. The molecule has 3 aromatic rings. The van der Waals surface area contributed by atoms with Crippen LogP contribution in [0, 0.1) is 6.92 Å². The van der Waals surface area contributed by atoms with Crippen molar-refractivity contribution in [3.05, 3.63) is 58.4 Å². The summed E-state index contributed by atoms with van der Waals surface area (Å²) in [5.74, 6) is 0.257. The number of amides is 1. The highest BCUT2D eigenvalue weighted by Crippen LogP contribution is 2.21. The molecule has 26 heavy (non-hydrogen) atoms. The predicted octanol–water partition coefficient (Wildman–Crippen LogP) is 3.80. The molecule has 1 aromatic heterocycles. The standard InChI is InChI=1S/C20H22N2O3S/c1-4-25-17-8-6-5-7-15(17)19(23)21-20-22(11-12-24-3)16-10-9-14(2)13-18(16)26-20/h5-10,13H,4,11-12H2,1-3H3. The minimum Gasteiger partial charge on any atom is -0.493 e. The Kier molecular flexibility index (Phi) is 5.85. The molecule has 0 radical (unpaired) electrons. The van der Waals surface area contributed by atoms with Crippen LogP contribution in [-0.4, -0.2) is 30.8 Å². The molecule has 0 aliphatic heterocycles. The van der Waals surface area contributed by atoms with Gasteiger partial charge in [-0.05, 0) is 43.7 Å². The van der Waals surface area contributed by atoms with E-state index in [4.69, 9.17) is 9.47 Å². The van der Waals surface area contributed by atoms with Gasteiger partial charge < -0.3 is 14.0 Å². The summed E-state index contributed by atoms with van der Waals surface area (Å²) < 4.78 is 13.9. The van der Waals surface area contributed by atoms with Crippen molar-refractivity contribution >= 4 is 27.5 Å². The van der Waals surface area contributed by atoms with Crippen molar-refractivity contribution in [2.45, 2.75) is 20.4 Å². The topological polar surface area (TPSA) is 52.8 Å². The van der Waals surface area contributed by atoms with E-state index >= 15 is 0 Å². The van der Waals surface area contributed by atoms with E-state index in [-0.39, 0.29) is 5.91 Å². The van der Waals surface area contributed by atoms with Crippen molar-refractivity contribution in [2.75, 3.05) is 20.3 Å². The van der Waals surface area contributed by atoms with Crippen LogP contribution in [0.15, 0.2) is 47.5 Å². The molecule has 0 bridgehead atoms. The molecule has 6 heteroatoms. The second-order valence-electron chi connectivity index (χ2n) is 5.85. The number of para-hydroxylation sites is 1. The third kappa shape index (κ3) is 3.86. The average molecular weight is 370 g/mol. The first-order valence-corrected chi connectivity index (χ1v) is 9.35. The molecule has 2 aromatic carbocycles. The number of hydrogen-bond donors (Lipinski definition) is 0. The van der Waals surface area contributed by atoms with Crippen LogP contribution < -0.4 is 9.54 Å². The molecule has 0 fully saturated rings. The van der Waals surface area contributed by atoms with Gasteiger partial charge in [0.25, 0.3) is 5.91 Å². The van der Waals surface area contributed by atoms with E-state index in [1.165, 1.54) is 16.9 Å². The SMILES string of the molecule is CCOc1ccccc1C(=O)N=c1sc2cc(C)ccc2n1CCOC. The zero-order valence-corrected chi connectivity index (χ0v) is 16.0. The van der Waals surface area contributed by atoms with Crippen LogP contribution in [0.1, 0.15) is 22.8 Å². The third-order valence-electron chi connectivity index (χ3n) is 3.97. The summed E-state index contributed by atoms with van der Waals surface area (Å²) in [6, 6.07) is 13.4. The Bertz CT molecular complexity index is 988. The van der Waals surface area contributed by atoms with E-state index in [9.17, 15) is 4.79 Å². The maximum absolute atomic E-state index is 12.8. The zero-order chi connectivity index (χ0) is 18.5. The Morgan fingerprint density at radius 3 is 2.81 bits per heavy atom. The van der Waals surface area contributed by atoms with Crippen LogP contribution in [0.5, 0.6) is 5.75 Å². The molecule has 3 rings (SSSR count). The maximum atomic E-state index is 12.8. The van der Waals surface area contributed by atoms with Crippen molar-refractivity contribution < 1.29 is 14.3 Å². The van der Waals surface area contributed by atoms with E-state index in [2.05, 4.69) is 30.1 Å². The fraction of sp³-hybridized carbons (Fsp3) is 0.300. The molecule has 0 unspecified atom stereocenters. The molecule has 0 saturated carbocycles. The molecule has 0 aliphatic rings. The lowest BCUT2D eigenvalue weighted by atomic mass is 10.2. The van der Waals surface area contributed by atoms with E-state index in [1.807, 2.05) is 23.6 Å². The van der Waals surface area contributed by atoms with Crippen molar-refractivity contribution in [2.24, 2.45) is 4.99 Å². The Morgan fingerprint density at radius 2 is 2.04 bits per heavy atom. The summed E-state index contributed by atoms with van der Waals surface area (Å²) >= 11 is 1.51. The molecule has 0 spiro atoms. The number of aromatic nitrogens is 1. The van der Waals surface area contributed by atoms with Crippen LogP contribution in [0.4, 0.5) is 0 Å². The summed E-state index contributed by atoms with van der Waals surface area (Å²) in [5.41, 5.74) is 2.71. The number of aryl methyl sites for hydroxylation is 1. The van der Waals surface area contributed by atoms with E-state index in [1.54, 1.807) is 19.2 Å². The van der Waals surface area contributed by atoms with E-state index < -0.39 is 0 Å². The minimum atomic E-state index is -0.302. The van der Waals surface area contributed by atoms with Gasteiger partial charge >= 0.3 is 0 Å². The maximum Gasteiger partial charge on any atom is 0.283 e. The first-order chi connectivity index (χ1) is 12.6. The van der Waals surface area contributed by atoms with Gasteiger partial charge in [0, 0.05) is 13.7 Å². The molecule has 5 nitrogen and oxygen atoms in total. The lowest BCUT2D eigenvalue weighted by Crippen LogP contribution is -2.19. The number of carbonyl (C=O) groups excluding carboxylic acids is 1. The Labute approximate surface area is 156 Å². The zero-order valence-electron chi connectivity index (χ0n) is 15.2. The fourth-order valence-electron chi connectivity index (χ4n) is 2.74. The van der Waals surface area contributed by atoms with Crippen LogP contribution in [0.3, 0.4) is 0 Å². The highest BCUT2D eigenvalue weighted by molar-refractivity contribution is 7.16. The molecular formula is C20H22N2O3S. The summed E-state index contributed by atoms with van der Waals surface area (Å²) in [6.45, 7) is 5.64. The number of hydrogen-bond acceptors (Lipinski definition) is 4. The average Bonchev–Trinajstić information content (AvgIpc) is 2.96. The molecule has 1 amide bonds. The van der Waals surface area contributed by atoms with E-state index in [0.717, 1.165) is 10.2 Å². The fourth-order valence-corrected chi connectivity index (χ4v) is 3.89. The van der Waals surface area contributed by atoms with Crippen LogP contribution in [0.25, 0.3) is 10.2 Å². The minimum absolute atomic E-state index is 0.302. The van der Waals surface area contributed by atoms with Crippen LogP contribution >= 0.6 is 11.3 Å². The second kappa shape index (κ2) is 8.29. The summed E-state index contributed by atoms with van der Waals surface area (Å²) in [7, 11) is 1.67.